The van der Waals surface area contributed by atoms with Gasteiger partial charge in [-0.3, -0.25) is 9.78 Å². The quantitative estimate of drug-likeness (QED) is 0.776. The zero-order valence-corrected chi connectivity index (χ0v) is 9.73. The summed E-state index contributed by atoms with van der Waals surface area (Å²) >= 11 is 0. The van der Waals surface area contributed by atoms with E-state index in [4.69, 9.17) is 0 Å². The summed E-state index contributed by atoms with van der Waals surface area (Å²) in [5.41, 5.74) is 1.28. The molecule has 0 bridgehead atoms. The van der Waals surface area contributed by atoms with E-state index < -0.39 is 6.43 Å². The zero-order chi connectivity index (χ0) is 13.1. The van der Waals surface area contributed by atoms with Gasteiger partial charge in [-0.15, -0.1) is 0 Å². The maximum absolute atomic E-state index is 12.6. The second-order valence-corrected chi connectivity index (χ2v) is 3.94. The lowest BCUT2D eigenvalue weighted by atomic mass is 9.99. The lowest BCUT2D eigenvalue weighted by Crippen LogP contribution is -2.03. The van der Waals surface area contributed by atoms with Crippen LogP contribution in [0.15, 0.2) is 42.7 Å². The fraction of sp³-hybridized carbons (Fsp3) is 0.143. The molecule has 0 saturated carbocycles. The van der Waals surface area contributed by atoms with Crippen molar-refractivity contribution in [2.45, 2.75) is 13.3 Å². The Balaban J connectivity index is 2.36. The number of benzene rings is 1. The monoisotopic (exact) mass is 247 g/mol. The number of aryl methyl sites for hydroxylation is 1. The first kappa shape index (κ1) is 12.4. The molecule has 0 amide bonds. The Morgan fingerprint density at radius 2 is 1.78 bits per heavy atom. The smallest absolute Gasteiger partial charge is 0.264 e. The summed E-state index contributed by atoms with van der Waals surface area (Å²) in [6.45, 7) is 1.57. The maximum Gasteiger partial charge on any atom is 0.264 e. The summed E-state index contributed by atoms with van der Waals surface area (Å²) in [6, 6.07) is 7.41. The molecule has 0 aliphatic heterocycles. The van der Waals surface area contributed by atoms with Crippen LogP contribution in [0.4, 0.5) is 8.78 Å². The number of alkyl halides is 2. The molecule has 92 valence electrons. The van der Waals surface area contributed by atoms with Gasteiger partial charge < -0.3 is 0 Å². The first-order valence-corrected chi connectivity index (χ1v) is 5.43. The van der Waals surface area contributed by atoms with Gasteiger partial charge >= 0.3 is 0 Å². The van der Waals surface area contributed by atoms with Crippen molar-refractivity contribution in [3.8, 4) is 0 Å². The van der Waals surface area contributed by atoms with Gasteiger partial charge in [-0.25, -0.2) is 8.78 Å². The highest BCUT2D eigenvalue weighted by Gasteiger charge is 2.14. The van der Waals surface area contributed by atoms with Crippen molar-refractivity contribution in [2.75, 3.05) is 0 Å². The second-order valence-electron chi connectivity index (χ2n) is 3.94. The van der Waals surface area contributed by atoms with Gasteiger partial charge in [-0.1, -0.05) is 12.1 Å². The Labute approximate surface area is 103 Å². The molecule has 1 aromatic carbocycles. The molecule has 0 unspecified atom stereocenters. The molecule has 18 heavy (non-hydrogen) atoms. The predicted molar refractivity (Wildman–Crippen MR) is 63.8 cm³/mol. The molecular formula is C14H11F2NO. The van der Waals surface area contributed by atoms with Crippen molar-refractivity contribution in [1.82, 2.24) is 4.98 Å². The molecule has 0 atom stereocenters. The number of hydrogen-bond acceptors (Lipinski definition) is 2. The third-order valence-corrected chi connectivity index (χ3v) is 2.71. The highest BCUT2D eigenvalue weighted by molar-refractivity contribution is 6.09. The van der Waals surface area contributed by atoms with Crippen LogP contribution in [0.2, 0.25) is 0 Å². The van der Waals surface area contributed by atoms with Crippen LogP contribution in [-0.4, -0.2) is 10.8 Å². The lowest BCUT2D eigenvalue weighted by Gasteiger charge is -2.07. The molecule has 1 heterocycles. The molecule has 0 N–H and O–H groups in total. The minimum absolute atomic E-state index is 0.0405. The Kier molecular flexibility index (Phi) is 3.46. The Bertz CT molecular complexity index is 567. The maximum atomic E-state index is 12.6. The number of nitrogens with zero attached hydrogens (tertiary/aromatic N) is 1. The third-order valence-electron chi connectivity index (χ3n) is 2.71. The number of carbonyl (C=O) groups is 1. The fourth-order valence-electron chi connectivity index (χ4n) is 1.73. The van der Waals surface area contributed by atoms with Crippen molar-refractivity contribution in [2.24, 2.45) is 0 Å². The van der Waals surface area contributed by atoms with Crippen LogP contribution < -0.4 is 0 Å². The molecule has 0 spiro atoms. The van der Waals surface area contributed by atoms with Gasteiger partial charge in [0.25, 0.3) is 6.43 Å². The summed E-state index contributed by atoms with van der Waals surface area (Å²) in [6.07, 6.45) is 0.524. The van der Waals surface area contributed by atoms with Crippen molar-refractivity contribution in [1.29, 1.82) is 0 Å². The van der Waals surface area contributed by atoms with E-state index in [2.05, 4.69) is 4.98 Å². The van der Waals surface area contributed by atoms with E-state index in [0.717, 1.165) is 0 Å². The number of halogens is 2. The number of aromatic nitrogens is 1. The molecule has 1 aromatic heterocycles. The summed E-state index contributed by atoms with van der Waals surface area (Å²) < 4.78 is 25.2. The number of carbonyl (C=O) groups excluding carboxylic acids is 1. The van der Waals surface area contributed by atoms with E-state index >= 15 is 0 Å². The molecule has 2 rings (SSSR count). The minimum Gasteiger partial charge on any atom is -0.289 e. The average molecular weight is 247 g/mol. The average Bonchev–Trinajstić information content (AvgIpc) is 2.38. The SMILES string of the molecule is Cc1cc(C(=O)c2ccncc2)ccc1C(F)F. The number of ketones is 1. The van der Waals surface area contributed by atoms with Crippen LogP contribution in [0, 0.1) is 6.92 Å². The van der Waals surface area contributed by atoms with Gasteiger partial charge in [0, 0.05) is 29.1 Å². The summed E-state index contributed by atoms with van der Waals surface area (Å²) in [5.74, 6) is -0.193. The van der Waals surface area contributed by atoms with Crippen LogP contribution in [0.1, 0.15) is 33.5 Å². The second kappa shape index (κ2) is 5.04. The molecule has 0 saturated heterocycles. The topological polar surface area (TPSA) is 30.0 Å². The van der Waals surface area contributed by atoms with E-state index in [0.29, 0.717) is 16.7 Å². The molecule has 0 aliphatic rings. The molecule has 4 heteroatoms. The summed E-state index contributed by atoms with van der Waals surface area (Å²) in [4.78, 5) is 15.9. The standard InChI is InChI=1S/C14H11F2NO/c1-9-8-11(2-3-12(9)14(15)16)13(18)10-4-6-17-7-5-10/h2-8,14H,1H3. The predicted octanol–water partition coefficient (Wildman–Crippen LogP) is 3.56. The summed E-state index contributed by atoms with van der Waals surface area (Å²) in [7, 11) is 0. The zero-order valence-electron chi connectivity index (χ0n) is 9.73. The van der Waals surface area contributed by atoms with E-state index in [9.17, 15) is 13.6 Å². The van der Waals surface area contributed by atoms with Crippen LogP contribution in [-0.2, 0) is 0 Å². The van der Waals surface area contributed by atoms with E-state index in [1.54, 1.807) is 19.1 Å². The van der Waals surface area contributed by atoms with E-state index in [-0.39, 0.29) is 11.3 Å². The van der Waals surface area contributed by atoms with Gasteiger partial charge in [0.15, 0.2) is 5.78 Å². The summed E-state index contributed by atoms with van der Waals surface area (Å²) in [5, 5.41) is 0. The highest BCUT2D eigenvalue weighted by atomic mass is 19.3. The van der Waals surface area contributed by atoms with Gasteiger partial charge in [0.2, 0.25) is 0 Å². The molecular weight excluding hydrogens is 236 g/mol. The van der Waals surface area contributed by atoms with Crippen LogP contribution in [0.3, 0.4) is 0 Å². The van der Waals surface area contributed by atoms with Gasteiger partial charge in [-0.2, -0.15) is 0 Å². The van der Waals surface area contributed by atoms with Crippen molar-refractivity contribution >= 4 is 5.78 Å². The first-order chi connectivity index (χ1) is 8.59. The first-order valence-electron chi connectivity index (χ1n) is 5.43. The third kappa shape index (κ3) is 2.42. The Hall–Kier alpha value is -2.10. The van der Waals surface area contributed by atoms with Gasteiger partial charge in [0.05, 0.1) is 0 Å². The normalized spacial score (nSPS) is 10.7. The Morgan fingerprint density at radius 3 is 2.33 bits per heavy atom. The lowest BCUT2D eigenvalue weighted by molar-refractivity contribution is 0.103. The van der Waals surface area contributed by atoms with Gasteiger partial charge in [-0.05, 0) is 30.7 Å². The van der Waals surface area contributed by atoms with Crippen LogP contribution in [0.5, 0.6) is 0 Å². The van der Waals surface area contributed by atoms with Gasteiger partial charge in [0.1, 0.15) is 0 Å². The highest BCUT2D eigenvalue weighted by Crippen LogP contribution is 2.24. The molecule has 0 radical (unpaired) electrons. The van der Waals surface area contributed by atoms with Crippen LogP contribution in [0.25, 0.3) is 0 Å². The minimum atomic E-state index is -2.52. The van der Waals surface area contributed by atoms with Crippen molar-refractivity contribution in [3.05, 3.63) is 65.0 Å². The molecule has 0 aliphatic carbocycles. The fourth-order valence-corrected chi connectivity index (χ4v) is 1.73. The number of pyridine rings is 1. The Morgan fingerprint density at radius 1 is 1.11 bits per heavy atom. The molecule has 2 nitrogen and oxygen atoms in total. The van der Waals surface area contributed by atoms with E-state index in [1.165, 1.54) is 30.6 Å². The van der Waals surface area contributed by atoms with E-state index in [1.807, 2.05) is 0 Å². The number of hydrogen-bond donors (Lipinski definition) is 0. The largest absolute Gasteiger partial charge is 0.289 e. The van der Waals surface area contributed by atoms with Crippen molar-refractivity contribution in [3.63, 3.8) is 0 Å². The molecule has 0 fully saturated rings. The number of rotatable bonds is 3. The van der Waals surface area contributed by atoms with Crippen LogP contribution >= 0.6 is 0 Å². The van der Waals surface area contributed by atoms with Crippen molar-refractivity contribution < 1.29 is 13.6 Å². The molecule has 2 aromatic rings.